The van der Waals surface area contributed by atoms with Gasteiger partial charge in [0.2, 0.25) is 5.91 Å². The maximum Gasteiger partial charge on any atom is 0.241 e. The minimum atomic E-state index is -1.88. The van der Waals surface area contributed by atoms with Crippen LogP contribution in [0.15, 0.2) is 48.5 Å². The van der Waals surface area contributed by atoms with Gasteiger partial charge in [-0.3, -0.25) is 4.79 Å². The van der Waals surface area contributed by atoms with Gasteiger partial charge >= 0.3 is 0 Å². The number of carbonyl (C=O) groups excluding carboxylic acids is 1. The summed E-state index contributed by atoms with van der Waals surface area (Å²) in [6, 6.07) is 16.6. The second-order valence-electron chi connectivity index (χ2n) is 10.9. The number of hydrogen-bond acceptors (Lipinski definition) is 5. The van der Waals surface area contributed by atoms with E-state index in [9.17, 15) is 9.90 Å². The van der Waals surface area contributed by atoms with Crippen LogP contribution < -0.4 is 20.6 Å². The Labute approximate surface area is 216 Å². The highest BCUT2D eigenvalue weighted by atomic mass is 28.3. The second kappa shape index (κ2) is 11.9. The van der Waals surface area contributed by atoms with E-state index in [1.807, 2.05) is 12.1 Å². The molecule has 2 aliphatic rings. The molecule has 0 unspecified atom stereocenters. The lowest BCUT2D eigenvalue weighted by atomic mass is 9.95. The molecule has 7 heteroatoms. The third-order valence-corrected chi connectivity index (χ3v) is 12.7. The Bertz CT molecular complexity index is 1010. The van der Waals surface area contributed by atoms with E-state index in [0.29, 0.717) is 17.9 Å². The maximum atomic E-state index is 12.5. The van der Waals surface area contributed by atoms with Crippen molar-refractivity contribution in [2.45, 2.75) is 75.9 Å². The van der Waals surface area contributed by atoms with E-state index in [-0.39, 0.29) is 30.8 Å². The van der Waals surface area contributed by atoms with Gasteiger partial charge in [0.15, 0.2) is 0 Å². The number of aliphatic hydroxyl groups excluding tert-OH is 1. The summed E-state index contributed by atoms with van der Waals surface area (Å²) < 4.78 is 12.0. The molecule has 1 amide bonds. The predicted molar refractivity (Wildman–Crippen MR) is 148 cm³/mol. The molecule has 196 valence electrons. The number of methoxy groups -OCH3 is 1. The number of carbonyl (C=O) groups is 1. The van der Waals surface area contributed by atoms with Crippen molar-refractivity contribution in [3.63, 3.8) is 0 Å². The van der Waals surface area contributed by atoms with E-state index in [0.717, 1.165) is 43.7 Å². The lowest BCUT2D eigenvalue weighted by molar-refractivity contribution is -0.117. The van der Waals surface area contributed by atoms with E-state index in [2.05, 4.69) is 67.0 Å². The van der Waals surface area contributed by atoms with Crippen LogP contribution in [0.3, 0.4) is 0 Å². The minimum Gasteiger partial charge on any atom is -0.497 e. The summed E-state index contributed by atoms with van der Waals surface area (Å²) in [7, 11) is -0.184. The fraction of sp³-hybridized carbons (Fsp3) is 0.552. The molecule has 0 spiro atoms. The van der Waals surface area contributed by atoms with Gasteiger partial charge in [0.25, 0.3) is 0 Å². The fourth-order valence-electron chi connectivity index (χ4n) is 6.29. The molecule has 0 aliphatic carbocycles. The van der Waals surface area contributed by atoms with Crippen LogP contribution in [-0.4, -0.2) is 57.6 Å². The van der Waals surface area contributed by atoms with Crippen LogP contribution in [0, 0.1) is 5.92 Å². The summed E-state index contributed by atoms with van der Waals surface area (Å²) in [6.45, 7) is 8.24. The first kappa shape index (κ1) is 26.9. The summed E-state index contributed by atoms with van der Waals surface area (Å²) in [5.74, 6) is 1.33. The highest BCUT2D eigenvalue weighted by molar-refractivity contribution is 6.91. The number of anilines is 1. The Morgan fingerprint density at radius 1 is 1.17 bits per heavy atom. The van der Waals surface area contributed by atoms with Crippen molar-refractivity contribution in [1.82, 2.24) is 5.32 Å². The van der Waals surface area contributed by atoms with Gasteiger partial charge in [0, 0.05) is 12.3 Å². The zero-order valence-electron chi connectivity index (χ0n) is 22.1. The summed E-state index contributed by atoms with van der Waals surface area (Å²) in [5.41, 5.74) is 2.49. The van der Waals surface area contributed by atoms with Gasteiger partial charge in [-0.05, 0) is 79.9 Å². The van der Waals surface area contributed by atoms with Gasteiger partial charge in [-0.1, -0.05) is 49.5 Å². The molecule has 4 rings (SSSR count). The van der Waals surface area contributed by atoms with Crippen molar-refractivity contribution in [1.29, 1.82) is 0 Å². The predicted octanol–water partition coefficient (Wildman–Crippen LogP) is 4.09. The molecule has 0 radical (unpaired) electrons. The van der Waals surface area contributed by atoms with Crippen molar-refractivity contribution in [3.05, 3.63) is 54.1 Å². The topological polar surface area (TPSA) is 79.8 Å². The Morgan fingerprint density at radius 2 is 1.94 bits per heavy atom. The monoisotopic (exact) mass is 510 g/mol. The number of benzene rings is 2. The molecule has 0 aromatic heterocycles. The summed E-state index contributed by atoms with van der Waals surface area (Å²) in [4.78, 5) is 12.5. The highest BCUT2D eigenvalue weighted by Gasteiger charge is 2.50. The SMILES string of the molecule is COc1ccc([Si](C)(C)[C@H]2[C@H](C)[C@H](CCc3cccc(NC(=O)[C@H]4CCCN4)c3)O[C@@H]2CCO)cc1. The quantitative estimate of drug-likeness (QED) is 0.420. The van der Waals surface area contributed by atoms with Crippen LogP contribution in [0.5, 0.6) is 5.75 Å². The molecule has 2 fully saturated rings. The van der Waals surface area contributed by atoms with Crippen molar-refractivity contribution in [2.24, 2.45) is 5.92 Å². The van der Waals surface area contributed by atoms with Crippen molar-refractivity contribution < 1.29 is 19.4 Å². The molecule has 2 saturated heterocycles. The maximum absolute atomic E-state index is 12.5. The Hall–Kier alpha value is -2.19. The molecular formula is C29H42N2O4Si. The number of ether oxygens (including phenoxy) is 2. The number of hydrogen-bond donors (Lipinski definition) is 3. The van der Waals surface area contributed by atoms with Crippen molar-refractivity contribution in [3.8, 4) is 5.75 Å². The van der Waals surface area contributed by atoms with Crippen LogP contribution in [0.25, 0.3) is 0 Å². The second-order valence-corrected chi connectivity index (χ2v) is 15.6. The highest BCUT2D eigenvalue weighted by Crippen LogP contribution is 2.46. The zero-order valence-corrected chi connectivity index (χ0v) is 23.1. The van der Waals surface area contributed by atoms with Crippen molar-refractivity contribution >= 4 is 24.9 Å². The Balaban J connectivity index is 1.42. The number of aryl methyl sites for hydroxylation is 1. The first-order valence-corrected chi connectivity index (χ1v) is 16.4. The van der Waals surface area contributed by atoms with E-state index in [1.165, 1.54) is 10.8 Å². The van der Waals surface area contributed by atoms with Crippen molar-refractivity contribution in [2.75, 3.05) is 25.6 Å². The molecular weight excluding hydrogens is 468 g/mol. The smallest absolute Gasteiger partial charge is 0.241 e. The molecule has 2 aliphatic heterocycles. The lowest BCUT2D eigenvalue weighted by Crippen LogP contribution is -2.50. The van der Waals surface area contributed by atoms with E-state index in [4.69, 9.17) is 9.47 Å². The minimum absolute atomic E-state index is 0.0535. The molecule has 2 aromatic carbocycles. The standard InChI is InChI=1S/C29H42N2O4Si/c1-20-26(15-10-21-7-5-8-22(19-21)31-29(33)25-9-6-17-30-25)35-27(16-18-32)28(20)36(3,4)24-13-11-23(34-2)12-14-24/h5,7-8,11-14,19-20,25-28,30,32H,6,9-10,15-18H2,1-4H3,(H,31,33)/t20-,25-,26+,27-,28+/m1/s1. The van der Waals surface area contributed by atoms with Crippen LogP contribution in [0.2, 0.25) is 18.6 Å². The van der Waals surface area contributed by atoms with Gasteiger partial charge < -0.3 is 25.2 Å². The molecule has 5 atom stereocenters. The summed E-state index contributed by atoms with van der Waals surface area (Å²) in [6.07, 6.45) is 4.66. The molecule has 0 bridgehead atoms. The average Bonchev–Trinajstić information content (AvgIpc) is 3.52. The Kier molecular flexibility index (Phi) is 8.88. The Morgan fingerprint density at radius 3 is 2.61 bits per heavy atom. The third-order valence-electron chi connectivity index (χ3n) is 8.27. The third kappa shape index (κ3) is 6.02. The molecule has 3 N–H and O–H groups in total. The molecule has 2 heterocycles. The van der Waals surface area contributed by atoms with E-state index >= 15 is 0 Å². The molecule has 2 aromatic rings. The van der Waals surface area contributed by atoms with Gasteiger partial charge in [0.1, 0.15) is 5.75 Å². The van der Waals surface area contributed by atoms with Gasteiger partial charge in [-0.25, -0.2) is 0 Å². The number of aliphatic hydroxyl groups is 1. The van der Waals surface area contributed by atoms with Crippen LogP contribution >= 0.6 is 0 Å². The van der Waals surface area contributed by atoms with Gasteiger partial charge in [-0.15, -0.1) is 0 Å². The van der Waals surface area contributed by atoms with Crippen LogP contribution in [0.4, 0.5) is 5.69 Å². The first-order valence-electron chi connectivity index (χ1n) is 13.4. The summed E-state index contributed by atoms with van der Waals surface area (Å²) in [5, 5.41) is 17.5. The largest absolute Gasteiger partial charge is 0.497 e. The van der Waals surface area contributed by atoms with Crippen LogP contribution in [-0.2, 0) is 16.0 Å². The normalized spacial score (nSPS) is 26.2. The van der Waals surface area contributed by atoms with Crippen LogP contribution in [0.1, 0.15) is 38.2 Å². The van der Waals surface area contributed by atoms with E-state index in [1.54, 1.807) is 7.11 Å². The number of rotatable bonds is 10. The summed E-state index contributed by atoms with van der Waals surface area (Å²) >= 11 is 0. The molecule has 36 heavy (non-hydrogen) atoms. The molecule has 0 saturated carbocycles. The molecule has 6 nitrogen and oxygen atoms in total. The van der Waals surface area contributed by atoms with Gasteiger partial charge in [-0.2, -0.15) is 0 Å². The van der Waals surface area contributed by atoms with E-state index < -0.39 is 8.07 Å². The number of amides is 1. The first-order chi connectivity index (χ1) is 17.3. The lowest BCUT2D eigenvalue weighted by Gasteiger charge is -2.36. The zero-order chi connectivity index (χ0) is 25.7. The number of nitrogens with one attached hydrogen (secondary N) is 2. The fourth-order valence-corrected chi connectivity index (χ4v) is 10.4. The van der Waals surface area contributed by atoms with Gasteiger partial charge in [0.05, 0.1) is 33.4 Å². The average molecular weight is 511 g/mol.